The van der Waals surface area contributed by atoms with E-state index in [1.807, 2.05) is 18.2 Å². The molecule has 0 bridgehead atoms. The van der Waals surface area contributed by atoms with Crippen molar-refractivity contribution in [2.24, 2.45) is 0 Å². The lowest BCUT2D eigenvalue weighted by Gasteiger charge is -2.32. The number of rotatable bonds is 19. The maximum Gasteiger partial charge on any atom is 0.257 e. The normalized spacial score (nSPS) is 19.8. The Kier molecular flexibility index (Phi) is 15.8. The summed E-state index contributed by atoms with van der Waals surface area (Å²) >= 11 is 0. The number of amides is 3. The van der Waals surface area contributed by atoms with Gasteiger partial charge in [0.05, 0.1) is 73.3 Å². The number of nitrogens with one attached hydrogen (secondary N) is 9. The number of hydrogen-bond acceptors (Lipinski definition) is 24. The number of aliphatic hydroxyl groups excluding tert-OH is 3. The first-order valence-electron chi connectivity index (χ1n) is 29.2. The Morgan fingerprint density at radius 2 is 0.860 bits per heavy atom. The number of nitrogens with zero attached hydrogens (tertiary/aromatic N) is 12. The molecule has 0 unspecified atom stereocenters. The molecule has 30 nitrogen and oxygen atoms in total. The zero-order chi connectivity index (χ0) is 62.5. The van der Waals surface area contributed by atoms with Crippen LogP contribution in [0.1, 0.15) is 86.6 Å². The van der Waals surface area contributed by atoms with Gasteiger partial charge in [-0.1, -0.05) is 0 Å². The monoisotopic (exact) mass is 1180 g/mol. The van der Waals surface area contributed by atoms with Gasteiger partial charge in [-0.25, -0.2) is 29.9 Å². The number of aliphatic hydroxyl groups is 3. The molecule has 86 heavy (non-hydrogen) atoms. The van der Waals surface area contributed by atoms with Crippen molar-refractivity contribution in [3.63, 3.8) is 0 Å². The number of methoxy groups -OCH3 is 2. The first-order valence-corrected chi connectivity index (χ1v) is 27.7. The van der Waals surface area contributed by atoms with Gasteiger partial charge >= 0.3 is 0 Å². The summed E-state index contributed by atoms with van der Waals surface area (Å²) in [6.07, 6.45) is 14.1. The van der Waals surface area contributed by atoms with Crippen LogP contribution >= 0.6 is 0 Å². The SMILES string of the molecule is CNc1cc(Nc2cccnc2OC)nc2c(C(=O)N[C@H]3CC[C@@H]3O)cnn12.CNc1cc(Nc2cccnc2OC2CC2)nc2c(C(=O)N[C@H]3CC[C@@H]3O)cnn12.[2H]C([2H])([2H])Oc1ncccc1Nc1cc(NC)n2ncc(C(=O)N[C@H]3CC[C@@H]3O)c2n1. The van der Waals surface area contributed by atoms with Crippen molar-refractivity contribution < 1.29 is 48.0 Å². The number of aromatic nitrogens is 12. The van der Waals surface area contributed by atoms with Gasteiger partial charge in [-0.15, -0.1) is 0 Å². The number of fused-ring (bicyclic) bond motifs is 3. The summed E-state index contributed by atoms with van der Waals surface area (Å²) in [6, 6.07) is 15.0. The van der Waals surface area contributed by atoms with Crippen molar-refractivity contribution in [2.75, 3.05) is 67.2 Å². The van der Waals surface area contributed by atoms with E-state index in [1.54, 1.807) is 79.0 Å². The van der Waals surface area contributed by atoms with E-state index in [-0.39, 0.29) is 53.1 Å². The molecule has 9 heterocycles. The summed E-state index contributed by atoms with van der Waals surface area (Å²) < 4.78 is 42.6. The summed E-state index contributed by atoms with van der Waals surface area (Å²) in [7, 11) is 4.10. The fourth-order valence-electron chi connectivity index (χ4n) is 9.34. The molecular weight excluding hydrogens is 1110 g/mol. The van der Waals surface area contributed by atoms with Crippen LogP contribution in [0.5, 0.6) is 17.6 Å². The average Bonchev–Trinajstić information content (AvgIpc) is 1.73. The lowest BCUT2D eigenvalue weighted by molar-refractivity contribution is 0.0448. The van der Waals surface area contributed by atoms with Gasteiger partial charge < -0.3 is 77.4 Å². The summed E-state index contributed by atoms with van der Waals surface area (Å²) in [5.41, 5.74) is 3.63. The molecule has 4 aliphatic carbocycles. The number of ether oxygens (including phenoxy) is 3. The van der Waals surface area contributed by atoms with Gasteiger partial charge in [0, 0.05) is 57.9 Å². The maximum atomic E-state index is 12.7. The highest BCUT2D eigenvalue weighted by molar-refractivity contribution is 6.02. The van der Waals surface area contributed by atoms with Gasteiger partial charge in [0.1, 0.15) is 74.8 Å². The molecule has 0 aliphatic heterocycles. The minimum absolute atomic E-state index is 0.111. The molecule has 4 fully saturated rings. The fraction of sp³-hybridized carbons (Fsp3) is 0.357. The second-order valence-corrected chi connectivity index (χ2v) is 20.5. The molecule has 0 aromatic carbocycles. The van der Waals surface area contributed by atoms with Crippen molar-refractivity contribution in [1.82, 2.24) is 74.7 Å². The van der Waals surface area contributed by atoms with E-state index in [4.69, 9.17) is 18.3 Å². The van der Waals surface area contributed by atoms with E-state index in [0.717, 1.165) is 25.7 Å². The van der Waals surface area contributed by atoms with Crippen LogP contribution in [0.15, 0.2) is 91.8 Å². The minimum atomic E-state index is -2.67. The summed E-state index contributed by atoms with van der Waals surface area (Å²) in [5, 5.41) is 69.0. The number of carbonyl (C=O) groups is 3. The van der Waals surface area contributed by atoms with Gasteiger partial charge in [0.15, 0.2) is 16.9 Å². The van der Waals surface area contributed by atoms with Crippen LogP contribution < -0.4 is 62.1 Å². The molecule has 3 amide bonds. The van der Waals surface area contributed by atoms with Crippen LogP contribution in [0.3, 0.4) is 0 Å². The third-order valence-electron chi connectivity index (χ3n) is 14.8. The molecule has 4 aliphatic rings. The number of anilines is 9. The smallest absolute Gasteiger partial charge is 0.257 e. The van der Waals surface area contributed by atoms with E-state index in [9.17, 15) is 29.7 Å². The molecule has 9 aromatic rings. The molecule has 13 rings (SSSR count). The van der Waals surface area contributed by atoms with E-state index in [0.29, 0.717) is 112 Å². The van der Waals surface area contributed by atoms with E-state index < -0.39 is 31.3 Å². The topological polar surface area (TPSA) is 377 Å². The van der Waals surface area contributed by atoms with Crippen molar-refractivity contribution in [3.05, 3.63) is 108 Å². The third kappa shape index (κ3) is 12.4. The Morgan fingerprint density at radius 3 is 1.16 bits per heavy atom. The van der Waals surface area contributed by atoms with Crippen LogP contribution in [-0.2, 0) is 0 Å². The molecule has 0 spiro atoms. The minimum Gasteiger partial charge on any atom is -0.480 e. The number of hydrogen-bond donors (Lipinski definition) is 12. The van der Waals surface area contributed by atoms with Gasteiger partial charge in [-0.05, 0) is 87.8 Å². The molecule has 12 N–H and O–H groups in total. The predicted molar refractivity (Wildman–Crippen MR) is 316 cm³/mol. The fourth-order valence-corrected chi connectivity index (χ4v) is 9.34. The highest BCUT2D eigenvalue weighted by Gasteiger charge is 2.34. The quantitative estimate of drug-likeness (QED) is 0.0543. The van der Waals surface area contributed by atoms with Crippen LogP contribution in [0.25, 0.3) is 16.9 Å². The maximum absolute atomic E-state index is 12.7. The Balaban J connectivity index is 0.000000138. The summed E-state index contributed by atoms with van der Waals surface area (Å²) in [4.78, 5) is 64.1. The Labute approximate surface area is 495 Å². The van der Waals surface area contributed by atoms with E-state index in [2.05, 4.69) is 93.1 Å². The zero-order valence-electron chi connectivity index (χ0n) is 50.0. The second-order valence-electron chi connectivity index (χ2n) is 20.5. The van der Waals surface area contributed by atoms with Gasteiger partial charge in [0.2, 0.25) is 17.6 Å². The first-order chi connectivity index (χ1) is 43.0. The van der Waals surface area contributed by atoms with Crippen molar-refractivity contribution >= 4 is 86.6 Å². The third-order valence-corrected chi connectivity index (χ3v) is 14.8. The average molecular weight is 1180 g/mol. The Hall–Kier alpha value is -10.2. The molecule has 448 valence electrons. The van der Waals surface area contributed by atoms with Crippen LogP contribution in [-0.4, -0.2) is 170 Å². The highest BCUT2D eigenvalue weighted by atomic mass is 16.5. The van der Waals surface area contributed by atoms with Gasteiger partial charge in [-0.3, -0.25) is 14.4 Å². The molecule has 0 saturated heterocycles. The first kappa shape index (κ1) is 53.8. The van der Waals surface area contributed by atoms with Crippen molar-refractivity contribution in [1.29, 1.82) is 0 Å². The van der Waals surface area contributed by atoms with Crippen LogP contribution in [0.2, 0.25) is 0 Å². The summed E-state index contributed by atoms with van der Waals surface area (Å²) in [6.45, 7) is 0. The molecular formula is C56H65N21O9. The molecule has 9 aromatic heterocycles. The molecule has 30 heteroatoms. The van der Waals surface area contributed by atoms with Gasteiger partial charge in [-0.2, -0.15) is 28.8 Å². The summed E-state index contributed by atoms with van der Waals surface area (Å²) in [5.74, 6) is 3.04. The van der Waals surface area contributed by atoms with Crippen LogP contribution in [0, 0.1) is 0 Å². The lowest BCUT2D eigenvalue weighted by Crippen LogP contribution is -2.50. The van der Waals surface area contributed by atoms with Gasteiger partial charge in [0.25, 0.3) is 17.7 Å². The number of pyridine rings is 3. The lowest BCUT2D eigenvalue weighted by atomic mass is 9.89. The van der Waals surface area contributed by atoms with E-state index >= 15 is 0 Å². The van der Waals surface area contributed by atoms with Crippen molar-refractivity contribution in [2.45, 2.75) is 93.9 Å². The second kappa shape index (κ2) is 25.3. The van der Waals surface area contributed by atoms with Crippen LogP contribution in [0.4, 0.5) is 52.0 Å². The molecule has 6 atom stereocenters. The molecule has 4 saturated carbocycles. The zero-order valence-corrected chi connectivity index (χ0v) is 47.0. The predicted octanol–water partition coefficient (Wildman–Crippen LogP) is 4.05. The van der Waals surface area contributed by atoms with Crippen molar-refractivity contribution in [3.8, 4) is 17.6 Å². The Bertz CT molecular complexity index is 4050. The highest BCUT2D eigenvalue weighted by Crippen LogP contribution is 2.34. The molecule has 0 radical (unpaired) electrons. The largest absolute Gasteiger partial charge is 0.480 e. The number of carbonyl (C=O) groups excluding carboxylic acids is 3. The Morgan fingerprint density at radius 1 is 0.512 bits per heavy atom. The standard InChI is InChI=1S/C20H23N7O3.2C18H21N7O3/c1-21-17-9-16(24-14-3-2-8-22-20(14)30-11-4-5-11)26-18-12(10-23-27(17)18)19(29)25-13-6-7-15(13)28;2*1-19-15-8-14(22-12-4-3-7-20-18(12)28-2)24-16-10(9-21-25(15)16)17(27)23-11-5-6-13(11)26/h2-3,8-11,13,15,21,28H,4-7H2,1H3,(H,24,26)(H,25,29);2*3-4,7-9,11,13,19,26H,5-6H2,1-2H3,(H,22,24)(H,23,27)/t13-,15-;2*11-,13-/m000/s1/i;2D3;. The van der Waals surface area contributed by atoms with E-state index in [1.165, 1.54) is 36.4 Å².